The normalized spacial score (nSPS) is 18.4. The molecule has 0 unspecified atom stereocenters. The van der Waals surface area contributed by atoms with E-state index in [1.54, 1.807) is 20.8 Å². The van der Waals surface area contributed by atoms with Crippen molar-refractivity contribution in [2.75, 3.05) is 0 Å². The molecule has 3 atom stereocenters. The molecule has 1 saturated heterocycles. The summed E-state index contributed by atoms with van der Waals surface area (Å²) in [4.78, 5) is 38.6. The number of rotatable bonds is 9. The number of ether oxygens (including phenoxy) is 1. The van der Waals surface area contributed by atoms with Gasteiger partial charge in [0.1, 0.15) is 6.04 Å². The van der Waals surface area contributed by atoms with Crippen molar-refractivity contribution in [1.82, 2.24) is 10.2 Å². The first-order valence-electron chi connectivity index (χ1n) is 10.4. The van der Waals surface area contributed by atoms with Gasteiger partial charge in [-0.2, -0.15) is 0 Å². The van der Waals surface area contributed by atoms with Crippen molar-refractivity contribution in [2.45, 2.75) is 78.1 Å². The van der Waals surface area contributed by atoms with Crippen LogP contribution in [-0.2, 0) is 25.7 Å². The Bertz CT molecular complexity index is 784. The Morgan fingerprint density at radius 3 is 2.60 bits per heavy atom. The minimum atomic E-state index is -0.993. The summed E-state index contributed by atoms with van der Waals surface area (Å²) in [6.07, 6.45) is 1.06. The Hall–Kier alpha value is -2.51. The van der Waals surface area contributed by atoms with E-state index in [2.05, 4.69) is 5.32 Å². The Labute approximate surface area is 176 Å². The smallest absolute Gasteiger partial charge is 0.329 e. The zero-order chi connectivity index (χ0) is 22.4. The van der Waals surface area contributed by atoms with Gasteiger partial charge in [0.15, 0.2) is 11.6 Å². The molecule has 8 heteroatoms. The van der Waals surface area contributed by atoms with Crippen LogP contribution >= 0.6 is 0 Å². The van der Waals surface area contributed by atoms with Crippen molar-refractivity contribution >= 4 is 17.8 Å². The number of likely N-dealkylation sites (tertiary alicyclic amines) is 1. The average Bonchev–Trinajstić information content (AvgIpc) is 3.02. The lowest BCUT2D eigenvalue weighted by molar-refractivity contribution is -0.153. The van der Waals surface area contributed by atoms with Gasteiger partial charge < -0.3 is 15.0 Å². The van der Waals surface area contributed by atoms with Crippen LogP contribution in [0.15, 0.2) is 18.2 Å². The number of benzene rings is 1. The van der Waals surface area contributed by atoms with Crippen LogP contribution in [0.4, 0.5) is 8.78 Å². The van der Waals surface area contributed by atoms with Crippen LogP contribution < -0.4 is 5.32 Å². The topological polar surface area (TPSA) is 75.7 Å². The first-order valence-corrected chi connectivity index (χ1v) is 10.4. The molecule has 0 radical (unpaired) electrons. The highest BCUT2D eigenvalue weighted by Gasteiger charge is 2.34. The Morgan fingerprint density at radius 1 is 1.27 bits per heavy atom. The van der Waals surface area contributed by atoms with Gasteiger partial charge in [0.05, 0.1) is 6.10 Å². The molecule has 0 aromatic heterocycles. The zero-order valence-electron chi connectivity index (χ0n) is 17.9. The van der Waals surface area contributed by atoms with Crippen molar-refractivity contribution in [1.29, 1.82) is 0 Å². The van der Waals surface area contributed by atoms with Gasteiger partial charge in [-0.15, -0.1) is 0 Å². The van der Waals surface area contributed by atoms with Gasteiger partial charge in [-0.25, -0.2) is 13.6 Å². The molecule has 1 aliphatic rings. The molecule has 6 nitrogen and oxygen atoms in total. The van der Waals surface area contributed by atoms with Gasteiger partial charge in [-0.3, -0.25) is 9.59 Å². The first kappa shape index (κ1) is 23.8. The quantitative estimate of drug-likeness (QED) is 0.617. The van der Waals surface area contributed by atoms with E-state index in [4.69, 9.17) is 4.74 Å². The molecule has 1 fully saturated rings. The largest absolute Gasteiger partial charge is 0.461 e. The Balaban J connectivity index is 2.03. The minimum absolute atomic E-state index is 0.0253. The monoisotopic (exact) mass is 424 g/mol. The third kappa shape index (κ3) is 6.00. The summed E-state index contributed by atoms with van der Waals surface area (Å²) < 4.78 is 32.8. The van der Waals surface area contributed by atoms with E-state index in [0.717, 1.165) is 6.07 Å². The molecule has 1 aromatic carbocycles. The number of nitrogens with zero attached hydrogens (tertiary/aromatic N) is 1. The highest BCUT2D eigenvalue weighted by molar-refractivity contribution is 5.86. The Kier molecular flexibility index (Phi) is 8.32. The number of esters is 1. The molecule has 2 rings (SSSR count). The van der Waals surface area contributed by atoms with Crippen molar-refractivity contribution in [3.8, 4) is 0 Å². The van der Waals surface area contributed by atoms with Crippen molar-refractivity contribution < 1.29 is 27.9 Å². The number of carbonyl (C=O) groups excluding carboxylic acids is 3. The lowest BCUT2D eigenvalue weighted by atomic mass is 10.0. The van der Waals surface area contributed by atoms with Crippen molar-refractivity contribution in [2.24, 2.45) is 5.92 Å². The molecular formula is C22H30F2N2O4. The molecule has 30 heavy (non-hydrogen) atoms. The number of halogens is 2. The highest BCUT2D eigenvalue weighted by Crippen LogP contribution is 2.25. The molecule has 1 N–H and O–H groups in total. The predicted octanol–water partition coefficient (Wildman–Crippen LogP) is 3.33. The van der Waals surface area contributed by atoms with Crippen molar-refractivity contribution in [3.63, 3.8) is 0 Å². The summed E-state index contributed by atoms with van der Waals surface area (Å²) in [5.74, 6) is -3.24. The molecule has 1 aromatic rings. The third-order valence-electron chi connectivity index (χ3n) is 5.38. The second-order valence-electron chi connectivity index (χ2n) is 8.08. The second kappa shape index (κ2) is 10.5. The van der Waals surface area contributed by atoms with Crippen LogP contribution in [-0.4, -0.2) is 40.9 Å². The van der Waals surface area contributed by atoms with E-state index >= 15 is 0 Å². The summed E-state index contributed by atoms with van der Waals surface area (Å²) >= 11 is 0. The number of hydrogen-bond donors (Lipinski definition) is 1. The van der Waals surface area contributed by atoms with E-state index in [1.165, 1.54) is 17.0 Å². The van der Waals surface area contributed by atoms with Crippen LogP contribution in [0.5, 0.6) is 0 Å². The molecule has 2 amide bonds. The summed E-state index contributed by atoms with van der Waals surface area (Å²) in [7, 11) is 0. The molecule has 0 saturated carbocycles. The van der Waals surface area contributed by atoms with E-state index in [1.807, 2.05) is 6.92 Å². The maximum Gasteiger partial charge on any atom is 0.329 e. The molecular weight excluding hydrogens is 394 g/mol. The lowest BCUT2D eigenvalue weighted by Crippen LogP contribution is -2.47. The number of nitrogens with one attached hydrogen (secondary N) is 1. The molecule has 0 bridgehead atoms. The maximum absolute atomic E-state index is 14.0. The molecule has 0 aliphatic carbocycles. The lowest BCUT2D eigenvalue weighted by Gasteiger charge is -2.27. The van der Waals surface area contributed by atoms with Gasteiger partial charge in [0, 0.05) is 31.0 Å². The SMILES string of the molecule is CC[C@H](C)OC(=O)[C@@H](NC(=O)C[C@@H]1CCC(=O)N1Cc1cccc(F)c1F)C(C)C. The van der Waals surface area contributed by atoms with Crippen LogP contribution in [0.3, 0.4) is 0 Å². The van der Waals surface area contributed by atoms with Gasteiger partial charge in [-0.1, -0.05) is 32.9 Å². The van der Waals surface area contributed by atoms with E-state index in [9.17, 15) is 23.2 Å². The summed E-state index contributed by atoms with van der Waals surface area (Å²) in [5, 5.41) is 2.71. The standard InChI is InChI=1S/C22H30F2N2O4/c1-5-14(4)30-22(29)21(13(2)3)25-18(27)11-16-9-10-19(28)26(16)12-15-7-6-8-17(23)20(15)24/h6-8,13-14,16,21H,5,9-12H2,1-4H3,(H,25,27)/t14-,16-,21-/m0/s1. The zero-order valence-corrected chi connectivity index (χ0v) is 17.9. The van der Waals surface area contributed by atoms with Gasteiger partial charge in [0.25, 0.3) is 0 Å². The fourth-order valence-corrected chi connectivity index (χ4v) is 3.38. The second-order valence-corrected chi connectivity index (χ2v) is 8.08. The third-order valence-corrected chi connectivity index (χ3v) is 5.38. The fourth-order valence-electron chi connectivity index (χ4n) is 3.38. The molecule has 1 heterocycles. The van der Waals surface area contributed by atoms with E-state index < -0.39 is 29.7 Å². The number of hydrogen-bond acceptors (Lipinski definition) is 4. The van der Waals surface area contributed by atoms with E-state index in [0.29, 0.717) is 12.8 Å². The summed E-state index contributed by atoms with van der Waals surface area (Å²) in [6.45, 7) is 7.19. The van der Waals surface area contributed by atoms with Gasteiger partial charge in [0.2, 0.25) is 11.8 Å². The number of carbonyl (C=O) groups is 3. The minimum Gasteiger partial charge on any atom is -0.461 e. The van der Waals surface area contributed by atoms with Crippen molar-refractivity contribution in [3.05, 3.63) is 35.4 Å². The maximum atomic E-state index is 14.0. The van der Waals surface area contributed by atoms with Gasteiger partial charge >= 0.3 is 5.97 Å². The summed E-state index contributed by atoms with van der Waals surface area (Å²) in [5.41, 5.74) is 0.0628. The first-order chi connectivity index (χ1) is 14.1. The average molecular weight is 424 g/mol. The van der Waals surface area contributed by atoms with Crippen LogP contribution in [0.1, 0.15) is 58.9 Å². The van der Waals surface area contributed by atoms with Crippen LogP contribution in [0, 0.1) is 17.6 Å². The molecule has 0 spiro atoms. The fraction of sp³-hybridized carbons (Fsp3) is 0.591. The van der Waals surface area contributed by atoms with Crippen LogP contribution in [0.2, 0.25) is 0 Å². The number of amides is 2. The predicted molar refractivity (Wildman–Crippen MR) is 107 cm³/mol. The molecule has 1 aliphatic heterocycles. The Morgan fingerprint density at radius 2 is 1.97 bits per heavy atom. The highest BCUT2D eigenvalue weighted by atomic mass is 19.2. The molecule has 166 valence electrons. The van der Waals surface area contributed by atoms with Crippen LogP contribution in [0.25, 0.3) is 0 Å². The van der Waals surface area contributed by atoms with Gasteiger partial charge in [-0.05, 0) is 31.7 Å². The summed E-state index contributed by atoms with van der Waals surface area (Å²) in [6, 6.07) is 2.57. The van der Waals surface area contributed by atoms with E-state index in [-0.39, 0.29) is 48.8 Å².